The summed E-state index contributed by atoms with van der Waals surface area (Å²) in [5, 5.41) is 3.44. The summed E-state index contributed by atoms with van der Waals surface area (Å²) in [6.45, 7) is 0. The lowest BCUT2D eigenvalue weighted by Crippen LogP contribution is -2.37. The number of halogens is 1. The Morgan fingerprint density at radius 3 is 3.29 bits per heavy atom. The predicted molar refractivity (Wildman–Crippen MR) is 55.7 cm³/mol. The Balaban J connectivity index is 2.22. The van der Waals surface area contributed by atoms with Crippen LogP contribution in [0.1, 0.15) is 6.42 Å². The molecule has 1 atom stereocenters. The second-order valence-corrected chi connectivity index (χ2v) is 3.72. The van der Waals surface area contributed by atoms with E-state index < -0.39 is 6.10 Å². The van der Waals surface area contributed by atoms with Crippen molar-refractivity contribution >= 4 is 27.7 Å². The summed E-state index contributed by atoms with van der Waals surface area (Å²) in [4.78, 5) is 15.4. The van der Waals surface area contributed by atoms with Gasteiger partial charge in [-0.1, -0.05) is 15.9 Å². The van der Waals surface area contributed by atoms with Crippen molar-refractivity contribution in [2.45, 2.75) is 12.5 Å². The largest absolute Gasteiger partial charge is 0.477 e. The summed E-state index contributed by atoms with van der Waals surface area (Å²) in [6.07, 6.45) is 1.86. The van der Waals surface area contributed by atoms with Crippen molar-refractivity contribution in [2.24, 2.45) is 0 Å². The number of hydrogen-bond donors (Lipinski definition) is 1. The van der Waals surface area contributed by atoms with Crippen molar-refractivity contribution in [3.8, 4) is 5.75 Å². The third kappa shape index (κ3) is 1.72. The fraction of sp³-hybridized carbons (Fsp3) is 0.333. The number of nitrogens with zero attached hydrogens (tertiary/aromatic N) is 1. The first kappa shape index (κ1) is 9.45. The van der Waals surface area contributed by atoms with E-state index in [4.69, 9.17) is 4.74 Å². The second-order valence-electron chi connectivity index (χ2n) is 2.92. The van der Waals surface area contributed by atoms with E-state index in [1.807, 2.05) is 0 Å². The molecule has 0 bridgehead atoms. The number of carbonyl (C=O) groups excluding carboxylic acids is 1. The monoisotopic (exact) mass is 256 g/mol. The van der Waals surface area contributed by atoms with Crippen molar-refractivity contribution in [3.05, 3.63) is 18.3 Å². The molecule has 0 saturated heterocycles. The summed E-state index contributed by atoms with van der Waals surface area (Å²) in [6, 6.07) is 3.57. The SMILES string of the molecule is O=C1Nc2ncccc2O[C@@H]1CCBr. The van der Waals surface area contributed by atoms with Gasteiger partial charge in [-0.2, -0.15) is 0 Å². The van der Waals surface area contributed by atoms with E-state index in [9.17, 15) is 4.79 Å². The predicted octanol–water partition coefficient (Wildman–Crippen LogP) is 1.57. The molecule has 2 heterocycles. The number of rotatable bonds is 2. The Labute approximate surface area is 89.8 Å². The van der Waals surface area contributed by atoms with Gasteiger partial charge in [-0.3, -0.25) is 4.79 Å². The molecule has 0 aromatic carbocycles. The quantitative estimate of drug-likeness (QED) is 0.818. The lowest BCUT2D eigenvalue weighted by Gasteiger charge is -2.24. The fourth-order valence-corrected chi connectivity index (χ4v) is 1.69. The minimum atomic E-state index is -0.411. The first-order valence-electron chi connectivity index (χ1n) is 4.30. The van der Waals surface area contributed by atoms with Gasteiger partial charge < -0.3 is 10.1 Å². The number of anilines is 1. The van der Waals surface area contributed by atoms with Gasteiger partial charge in [0.15, 0.2) is 17.7 Å². The first-order valence-corrected chi connectivity index (χ1v) is 5.42. The van der Waals surface area contributed by atoms with Gasteiger partial charge in [-0.05, 0) is 12.1 Å². The summed E-state index contributed by atoms with van der Waals surface area (Å²) in [5.74, 6) is 1.01. The smallest absolute Gasteiger partial charge is 0.266 e. The molecule has 0 spiro atoms. The second kappa shape index (κ2) is 3.96. The van der Waals surface area contributed by atoms with Gasteiger partial charge in [-0.25, -0.2) is 4.98 Å². The molecule has 1 N–H and O–H groups in total. The number of carbonyl (C=O) groups is 1. The normalized spacial score (nSPS) is 19.5. The van der Waals surface area contributed by atoms with Crippen LogP contribution in [-0.2, 0) is 4.79 Å². The maximum absolute atomic E-state index is 11.5. The maximum Gasteiger partial charge on any atom is 0.266 e. The number of pyridine rings is 1. The van der Waals surface area contributed by atoms with Crippen LogP contribution in [0.3, 0.4) is 0 Å². The number of aromatic nitrogens is 1. The third-order valence-electron chi connectivity index (χ3n) is 1.95. The molecular formula is C9H9BrN2O2. The highest BCUT2D eigenvalue weighted by atomic mass is 79.9. The Bertz CT molecular complexity index is 356. The molecule has 14 heavy (non-hydrogen) atoms. The molecule has 2 rings (SSSR count). The molecule has 5 heteroatoms. The number of nitrogens with one attached hydrogen (secondary N) is 1. The van der Waals surface area contributed by atoms with Crippen LogP contribution >= 0.6 is 15.9 Å². The summed E-state index contributed by atoms with van der Waals surface area (Å²) >= 11 is 3.28. The molecule has 0 saturated carbocycles. The zero-order chi connectivity index (χ0) is 9.97. The van der Waals surface area contributed by atoms with Crippen molar-refractivity contribution < 1.29 is 9.53 Å². The van der Waals surface area contributed by atoms with Crippen molar-refractivity contribution in [1.82, 2.24) is 4.98 Å². The van der Waals surface area contributed by atoms with Crippen LogP contribution in [0, 0.1) is 0 Å². The molecule has 4 nitrogen and oxygen atoms in total. The molecule has 0 aliphatic carbocycles. The maximum atomic E-state index is 11.5. The van der Waals surface area contributed by atoms with Crippen LogP contribution in [0.25, 0.3) is 0 Å². The number of fused-ring (bicyclic) bond motifs is 1. The lowest BCUT2D eigenvalue weighted by atomic mass is 10.2. The van der Waals surface area contributed by atoms with E-state index in [0.717, 1.165) is 5.33 Å². The van der Waals surface area contributed by atoms with Gasteiger partial charge in [0, 0.05) is 17.9 Å². The Hall–Kier alpha value is -1.10. The number of hydrogen-bond acceptors (Lipinski definition) is 3. The van der Waals surface area contributed by atoms with E-state index in [1.54, 1.807) is 18.3 Å². The van der Waals surface area contributed by atoms with Crippen LogP contribution in [0.15, 0.2) is 18.3 Å². The molecule has 0 unspecified atom stereocenters. The van der Waals surface area contributed by atoms with Crippen LogP contribution in [0.5, 0.6) is 5.75 Å². The van der Waals surface area contributed by atoms with Gasteiger partial charge in [0.05, 0.1) is 0 Å². The highest BCUT2D eigenvalue weighted by Gasteiger charge is 2.27. The van der Waals surface area contributed by atoms with Crippen molar-refractivity contribution in [1.29, 1.82) is 0 Å². The Morgan fingerprint density at radius 1 is 1.64 bits per heavy atom. The number of alkyl halides is 1. The summed E-state index contributed by atoms with van der Waals surface area (Å²) < 4.78 is 5.48. The third-order valence-corrected chi connectivity index (χ3v) is 2.40. The standard InChI is InChI=1S/C9H9BrN2O2/c10-4-3-7-9(13)12-8-6(14-7)2-1-5-11-8/h1-2,5,7H,3-4H2,(H,11,12,13)/t7-/m1/s1. The minimum absolute atomic E-state index is 0.129. The molecule has 1 aliphatic heterocycles. The molecule has 74 valence electrons. The van der Waals surface area contributed by atoms with E-state index in [1.165, 1.54) is 0 Å². The van der Waals surface area contributed by atoms with Gasteiger partial charge in [0.2, 0.25) is 0 Å². The van der Waals surface area contributed by atoms with Gasteiger partial charge >= 0.3 is 0 Å². The summed E-state index contributed by atoms with van der Waals surface area (Å²) in [7, 11) is 0. The molecule has 0 fully saturated rings. The van der Waals surface area contributed by atoms with Crippen LogP contribution in [0.2, 0.25) is 0 Å². The molecule has 1 aromatic heterocycles. The van der Waals surface area contributed by atoms with Crippen molar-refractivity contribution in [2.75, 3.05) is 10.6 Å². The van der Waals surface area contributed by atoms with Gasteiger partial charge in [-0.15, -0.1) is 0 Å². The lowest BCUT2D eigenvalue weighted by molar-refractivity contribution is -0.123. The molecule has 1 aromatic rings. The molecular weight excluding hydrogens is 248 g/mol. The highest BCUT2D eigenvalue weighted by molar-refractivity contribution is 9.09. The highest BCUT2D eigenvalue weighted by Crippen LogP contribution is 2.27. The average Bonchev–Trinajstić information content (AvgIpc) is 2.19. The van der Waals surface area contributed by atoms with Crippen LogP contribution < -0.4 is 10.1 Å². The van der Waals surface area contributed by atoms with E-state index >= 15 is 0 Å². The van der Waals surface area contributed by atoms with Crippen LogP contribution in [-0.4, -0.2) is 22.3 Å². The Morgan fingerprint density at radius 2 is 2.50 bits per heavy atom. The fourth-order valence-electron chi connectivity index (χ4n) is 1.27. The zero-order valence-corrected chi connectivity index (χ0v) is 8.95. The number of amides is 1. The molecule has 1 aliphatic rings. The Kier molecular flexibility index (Phi) is 2.67. The van der Waals surface area contributed by atoms with Gasteiger partial charge in [0.25, 0.3) is 5.91 Å². The topological polar surface area (TPSA) is 51.2 Å². The van der Waals surface area contributed by atoms with Crippen molar-refractivity contribution in [3.63, 3.8) is 0 Å². The van der Waals surface area contributed by atoms with E-state index in [0.29, 0.717) is 18.0 Å². The van der Waals surface area contributed by atoms with E-state index in [2.05, 4.69) is 26.2 Å². The number of ether oxygens (including phenoxy) is 1. The first-order chi connectivity index (χ1) is 6.81. The van der Waals surface area contributed by atoms with Gasteiger partial charge in [0.1, 0.15) is 0 Å². The summed E-state index contributed by atoms with van der Waals surface area (Å²) in [5.41, 5.74) is 0. The molecule has 0 radical (unpaired) electrons. The van der Waals surface area contributed by atoms with Crippen LogP contribution in [0.4, 0.5) is 5.82 Å². The van der Waals surface area contributed by atoms with E-state index in [-0.39, 0.29) is 5.91 Å². The zero-order valence-electron chi connectivity index (χ0n) is 7.37. The molecule has 1 amide bonds. The minimum Gasteiger partial charge on any atom is -0.477 e. The average molecular weight is 257 g/mol.